The van der Waals surface area contributed by atoms with Crippen LogP contribution in [0.3, 0.4) is 0 Å². The zero-order valence-corrected chi connectivity index (χ0v) is 63.9. The summed E-state index contributed by atoms with van der Waals surface area (Å²) in [5, 5.41) is 14.2. The fourth-order valence-corrected chi connectivity index (χ4v) is 13.4. The third-order valence-electron chi connectivity index (χ3n) is 19.0. The van der Waals surface area contributed by atoms with E-state index in [0.717, 1.165) is 70.6 Å². The van der Waals surface area contributed by atoms with Crippen molar-refractivity contribution in [2.45, 2.75) is 431 Å². The van der Waals surface area contributed by atoms with Crippen LogP contribution in [0.25, 0.3) is 0 Å². The van der Waals surface area contributed by atoms with Gasteiger partial charge >= 0.3 is 0 Å². The van der Waals surface area contributed by atoms with Gasteiger partial charge in [-0.05, 0) is 57.8 Å². The van der Waals surface area contributed by atoms with E-state index in [9.17, 15) is 19.4 Å². The highest BCUT2D eigenvalue weighted by molar-refractivity contribution is 7.45. The summed E-state index contributed by atoms with van der Waals surface area (Å²) in [5.41, 5.74) is 0. The van der Waals surface area contributed by atoms with Gasteiger partial charge in [0.25, 0.3) is 7.82 Å². The van der Waals surface area contributed by atoms with E-state index in [1.807, 2.05) is 21.1 Å². The largest absolute Gasteiger partial charge is 0.756 e. The molecular weight excluding hydrogens is 1160 g/mol. The quantitative estimate of drug-likeness (QED) is 0.0272. The minimum absolute atomic E-state index is 0.0143. The maximum atomic E-state index is 13.1. The molecule has 0 aromatic carbocycles. The highest BCUT2D eigenvalue weighted by Gasteiger charge is 2.24. The summed E-state index contributed by atoms with van der Waals surface area (Å²) >= 11 is 0. The normalized spacial score (nSPS) is 13.8. The Morgan fingerprint density at radius 1 is 0.387 bits per heavy atom. The zero-order chi connectivity index (χ0) is 67.6. The number of nitrogens with zero attached hydrogens (tertiary/aromatic N) is 1. The van der Waals surface area contributed by atoms with Crippen molar-refractivity contribution in [3.8, 4) is 0 Å². The van der Waals surface area contributed by atoms with Crippen molar-refractivity contribution in [3.05, 3.63) is 60.8 Å². The smallest absolute Gasteiger partial charge is 0.268 e. The van der Waals surface area contributed by atoms with Crippen molar-refractivity contribution >= 4 is 13.7 Å². The second kappa shape index (κ2) is 74.4. The van der Waals surface area contributed by atoms with Gasteiger partial charge in [0, 0.05) is 6.42 Å². The van der Waals surface area contributed by atoms with Gasteiger partial charge in [0.05, 0.1) is 39.9 Å². The van der Waals surface area contributed by atoms with Gasteiger partial charge in [-0.1, -0.05) is 415 Å². The number of phosphoric ester groups is 1. The van der Waals surface area contributed by atoms with Crippen LogP contribution in [-0.4, -0.2) is 68.5 Å². The Morgan fingerprint density at radius 2 is 0.656 bits per heavy atom. The van der Waals surface area contributed by atoms with E-state index in [2.05, 4.69) is 79.9 Å². The molecule has 0 bridgehead atoms. The molecule has 0 saturated heterocycles. The van der Waals surface area contributed by atoms with Gasteiger partial charge in [-0.2, -0.15) is 0 Å². The lowest BCUT2D eigenvalue weighted by Crippen LogP contribution is -2.46. The predicted molar refractivity (Wildman–Crippen MR) is 408 cm³/mol. The molecule has 0 aliphatic heterocycles. The third kappa shape index (κ3) is 77.4. The van der Waals surface area contributed by atoms with E-state index >= 15 is 0 Å². The first-order valence-electron chi connectivity index (χ1n) is 41.1. The number of hydrogen-bond donors (Lipinski definition) is 2. The molecule has 93 heavy (non-hydrogen) atoms. The molecule has 0 aliphatic rings. The van der Waals surface area contributed by atoms with E-state index in [4.69, 9.17) is 9.05 Å². The molecule has 1 amide bonds. The number of carbonyl (C=O) groups excluding carboxylic acids is 1. The fraction of sp³-hybridized carbons (Fsp3) is 0.869. The molecular formula is C84H161N2O6P. The summed E-state index contributed by atoms with van der Waals surface area (Å²) in [5.74, 6) is -0.155. The van der Waals surface area contributed by atoms with Crippen LogP contribution in [0.15, 0.2) is 60.8 Å². The van der Waals surface area contributed by atoms with Gasteiger partial charge in [0.15, 0.2) is 0 Å². The van der Waals surface area contributed by atoms with Crippen LogP contribution in [0.5, 0.6) is 0 Å². The lowest BCUT2D eigenvalue weighted by Gasteiger charge is -2.30. The van der Waals surface area contributed by atoms with Crippen molar-refractivity contribution < 1.29 is 32.9 Å². The first kappa shape index (κ1) is 91.2. The van der Waals surface area contributed by atoms with Crippen LogP contribution in [0.1, 0.15) is 418 Å². The maximum absolute atomic E-state index is 13.1. The highest BCUT2D eigenvalue weighted by atomic mass is 31.2. The minimum atomic E-state index is -4.58. The Labute approximate surface area is 581 Å². The van der Waals surface area contributed by atoms with Crippen LogP contribution in [-0.2, 0) is 18.4 Å². The Balaban J connectivity index is 3.88. The number of amides is 1. The Morgan fingerprint density at radius 3 is 0.957 bits per heavy atom. The summed E-state index contributed by atoms with van der Waals surface area (Å²) in [6, 6.07) is -0.802. The van der Waals surface area contributed by atoms with Gasteiger partial charge in [0.1, 0.15) is 13.2 Å². The molecule has 548 valence electrons. The minimum Gasteiger partial charge on any atom is -0.756 e. The predicted octanol–water partition coefficient (Wildman–Crippen LogP) is 26.4. The third-order valence-corrected chi connectivity index (χ3v) is 20.0. The second-order valence-electron chi connectivity index (χ2n) is 29.5. The molecule has 0 fully saturated rings. The van der Waals surface area contributed by atoms with Crippen molar-refractivity contribution in [2.75, 3.05) is 40.9 Å². The number of quaternary nitrogens is 1. The lowest BCUT2D eigenvalue weighted by atomic mass is 10.0. The Kier molecular flexibility index (Phi) is 73.0. The SMILES string of the molecule is CC/C=C\C/C=C\C/C=C\C/C=C\C/C=C\CCCCCCCCCCCCCCCCCCCCCCCCCCCC(=O)NC(COP(=O)([O-])OCC[N+](C)(C)C)C(O)CCCCCCCCCCCCCCCCCCCCCCCCCCCCCCCC. The molecule has 0 spiro atoms. The molecule has 0 aliphatic carbocycles. The molecule has 9 heteroatoms. The lowest BCUT2D eigenvalue weighted by molar-refractivity contribution is -0.870. The van der Waals surface area contributed by atoms with Crippen LogP contribution in [0.4, 0.5) is 0 Å². The first-order chi connectivity index (χ1) is 45.5. The average molecular weight is 1330 g/mol. The van der Waals surface area contributed by atoms with Crippen molar-refractivity contribution in [3.63, 3.8) is 0 Å². The van der Waals surface area contributed by atoms with Crippen LogP contribution >= 0.6 is 7.82 Å². The van der Waals surface area contributed by atoms with Crippen LogP contribution < -0.4 is 10.2 Å². The topological polar surface area (TPSA) is 108 Å². The van der Waals surface area contributed by atoms with Gasteiger partial charge in [-0.15, -0.1) is 0 Å². The van der Waals surface area contributed by atoms with Gasteiger partial charge < -0.3 is 28.8 Å². The molecule has 0 rings (SSSR count). The molecule has 0 saturated carbocycles. The number of unbranched alkanes of at least 4 members (excludes halogenated alkanes) is 54. The zero-order valence-electron chi connectivity index (χ0n) is 63.0. The number of aliphatic hydroxyl groups is 1. The molecule has 2 N–H and O–H groups in total. The summed E-state index contributed by atoms with van der Waals surface area (Å²) in [4.78, 5) is 25.8. The summed E-state index contributed by atoms with van der Waals surface area (Å²) in [7, 11) is 1.33. The molecule has 0 heterocycles. The summed E-state index contributed by atoms with van der Waals surface area (Å²) in [6.07, 6.45) is 104. The number of aliphatic hydroxyl groups excluding tert-OH is 1. The number of rotatable bonds is 77. The van der Waals surface area contributed by atoms with Crippen LogP contribution in [0, 0.1) is 0 Å². The number of phosphoric acid groups is 1. The second-order valence-corrected chi connectivity index (χ2v) is 30.9. The number of carbonyl (C=O) groups is 1. The monoisotopic (exact) mass is 1330 g/mol. The van der Waals surface area contributed by atoms with Crippen LogP contribution in [0.2, 0.25) is 0 Å². The van der Waals surface area contributed by atoms with E-state index < -0.39 is 20.0 Å². The van der Waals surface area contributed by atoms with Crippen molar-refractivity contribution in [1.82, 2.24) is 5.32 Å². The first-order valence-corrected chi connectivity index (χ1v) is 42.6. The van der Waals surface area contributed by atoms with E-state index in [0.29, 0.717) is 23.9 Å². The number of hydrogen-bond acceptors (Lipinski definition) is 6. The standard InChI is InChI=1S/C84H161N2O6P/c1-6-8-10-12-14-16-18-20-22-24-26-28-30-32-34-36-38-39-40-41-42-43-44-45-46-47-48-50-52-54-56-58-60-62-64-66-68-70-72-74-76-78-84(88)85-82(81-92-93(89,90)91-80-79-86(3,4)5)83(87)77-75-73-71-69-67-65-63-61-59-57-55-53-51-49-37-35-33-31-29-27-25-23-21-19-17-15-13-11-9-7-2/h8,10,14,16,20,22,26,28,32,34,82-83,87H,6-7,9,11-13,15,17-19,21,23-25,27,29-31,33,35-81H2,1-5H3,(H-,85,88,89,90)/b10-8-,16-14-,22-20-,28-26-,34-32-. The van der Waals surface area contributed by atoms with E-state index in [1.165, 1.54) is 321 Å². The highest BCUT2D eigenvalue weighted by Crippen LogP contribution is 2.38. The molecule has 3 unspecified atom stereocenters. The maximum Gasteiger partial charge on any atom is 0.268 e. The van der Waals surface area contributed by atoms with Crippen molar-refractivity contribution in [1.29, 1.82) is 0 Å². The summed E-state index contributed by atoms with van der Waals surface area (Å²) in [6.45, 7) is 4.67. The fourth-order valence-electron chi connectivity index (χ4n) is 12.7. The molecule has 3 atom stereocenters. The Hall–Kier alpha value is -1.80. The van der Waals surface area contributed by atoms with Gasteiger partial charge in [0.2, 0.25) is 5.91 Å². The average Bonchev–Trinajstić information content (AvgIpc) is 2.75. The molecule has 8 nitrogen and oxygen atoms in total. The van der Waals surface area contributed by atoms with E-state index in [1.54, 1.807) is 0 Å². The number of nitrogens with one attached hydrogen (secondary N) is 1. The number of likely N-dealkylation sites (N-methyl/N-ethyl adjacent to an activating group) is 1. The Bertz CT molecular complexity index is 1710. The molecule has 0 aromatic heterocycles. The van der Waals surface area contributed by atoms with Gasteiger partial charge in [-0.3, -0.25) is 9.36 Å². The van der Waals surface area contributed by atoms with E-state index in [-0.39, 0.29) is 19.1 Å². The summed E-state index contributed by atoms with van der Waals surface area (Å²) < 4.78 is 23.6. The van der Waals surface area contributed by atoms with Crippen molar-refractivity contribution in [2.24, 2.45) is 0 Å². The number of allylic oxidation sites excluding steroid dienone is 10. The molecule has 0 aromatic rings. The van der Waals surface area contributed by atoms with Gasteiger partial charge in [-0.25, -0.2) is 0 Å². The molecule has 0 radical (unpaired) electrons.